The van der Waals surface area contributed by atoms with Crippen LogP contribution in [0, 0.1) is 5.92 Å². The topological polar surface area (TPSA) is 157 Å². The minimum atomic E-state index is -0.729. The van der Waals surface area contributed by atoms with Gasteiger partial charge in [-0.3, -0.25) is 19.7 Å². The van der Waals surface area contributed by atoms with Gasteiger partial charge in [0.2, 0.25) is 28.9 Å². The Hall–Kier alpha value is -4.61. The minimum Gasteiger partial charge on any atom is -0.493 e. The molecule has 12 nitrogen and oxygen atoms in total. The summed E-state index contributed by atoms with van der Waals surface area (Å²) in [4.78, 5) is 43.0. The molecule has 4 N–H and O–H groups in total. The van der Waals surface area contributed by atoms with E-state index in [-0.39, 0.29) is 34.8 Å². The molecule has 12 heteroatoms. The SMILES string of the molecule is COc1cc2c(c(OC)c1OC)-c1ccc(N[C@@H](CC(C)C)C(=O)Nc3ncn[nH]3)c(=O)cc1[C@H](NC(C)=O)CC2. The van der Waals surface area contributed by atoms with Crippen molar-refractivity contribution in [2.75, 3.05) is 32.0 Å². The normalized spacial score (nSPS) is 14.7. The zero-order valence-corrected chi connectivity index (χ0v) is 24.1. The second-order valence-electron chi connectivity index (χ2n) is 10.2. The van der Waals surface area contributed by atoms with Crippen molar-refractivity contribution in [2.45, 2.75) is 52.1 Å². The van der Waals surface area contributed by atoms with Gasteiger partial charge in [-0.1, -0.05) is 19.9 Å². The molecule has 2 atom stereocenters. The summed E-state index contributed by atoms with van der Waals surface area (Å²) in [6, 6.07) is 5.72. The molecule has 2 aromatic carbocycles. The molecule has 1 aliphatic rings. The lowest BCUT2D eigenvalue weighted by Gasteiger charge is -2.20. The molecule has 218 valence electrons. The van der Waals surface area contributed by atoms with Crippen LogP contribution in [0.5, 0.6) is 17.2 Å². The lowest BCUT2D eigenvalue weighted by molar-refractivity contribution is -0.120. The zero-order valence-electron chi connectivity index (χ0n) is 24.1. The Morgan fingerprint density at radius 3 is 2.46 bits per heavy atom. The number of amides is 2. The number of H-pyrrole nitrogens is 1. The van der Waals surface area contributed by atoms with E-state index in [4.69, 9.17) is 14.2 Å². The Morgan fingerprint density at radius 2 is 1.85 bits per heavy atom. The first kappa shape index (κ1) is 29.4. The van der Waals surface area contributed by atoms with Crippen LogP contribution in [0.1, 0.15) is 50.8 Å². The van der Waals surface area contributed by atoms with Crippen molar-refractivity contribution in [3.63, 3.8) is 0 Å². The van der Waals surface area contributed by atoms with Gasteiger partial charge in [-0.2, -0.15) is 10.1 Å². The Bertz CT molecular complexity index is 1470. The number of rotatable bonds is 10. The highest BCUT2D eigenvalue weighted by molar-refractivity contribution is 5.95. The van der Waals surface area contributed by atoms with Gasteiger partial charge in [0, 0.05) is 12.5 Å². The molecule has 1 aliphatic carbocycles. The number of carbonyl (C=O) groups is 2. The first-order valence-corrected chi connectivity index (χ1v) is 13.4. The predicted octanol–water partition coefficient (Wildman–Crippen LogP) is 3.45. The Labute approximate surface area is 238 Å². The van der Waals surface area contributed by atoms with Crippen LogP contribution < -0.4 is 35.6 Å². The second kappa shape index (κ2) is 12.7. The molecule has 2 amide bonds. The van der Waals surface area contributed by atoms with Gasteiger partial charge < -0.3 is 24.8 Å². The Kier molecular flexibility index (Phi) is 9.10. The number of fused-ring (bicyclic) bond motifs is 3. The molecule has 0 saturated carbocycles. The monoisotopic (exact) mass is 564 g/mol. The lowest BCUT2D eigenvalue weighted by Crippen LogP contribution is -2.37. The largest absolute Gasteiger partial charge is 0.493 e. The highest BCUT2D eigenvalue weighted by atomic mass is 16.5. The third-order valence-electron chi connectivity index (χ3n) is 6.93. The van der Waals surface area contributed by atoms with Crippen LogP contribution >= 0.6 is 0 Å². The quantitative estimate of drug-likeness (QED) is 0.290. The minimum absolute atomic E-state index is 0.153. The third kappa shape index (κ3) is 6.42. The van der Waals surface area contributed by atoms with E-state index >= 15 is 0 Å². The van der Waals surface area contributed by atoms with Gasteiger partial charge in [-0.25, -0.2) is 5.10 Å². The highest BCUT2D eigenvalue weighted by Crippen LogP contribution is 2.50. The standard InChI is InChI=1S/C29H36N6O6/c1-15(2)11-22(28(38)34-29-30-14-31-35-29)33-21-10-8-18-19(13-23(21)37)20(32-16(3)36)9-7-17-12-24(39-4)26(40-5)27(41-6)25(17)18/h8,10,12-15,20,22H,7,9,11H2,1-6H3,(H,32,36)(H,33,37)(H2,30,31,34,35,38)/t20-,22+/m1/s1. The number of hydrogen-bond acceptors (Lipinski definition) is 9. The van der Waals surface area contributed by atoms with E-state index in [9.17, 15) is 14.4 Å². The van der Waals surface area contributed by atoms with Crippen molar-refractivity contribution < 1.29 is 23.8 Å². The number of anilines is 2. The fourth-order valence-corrected chi connectivity index (χ4v) is 5.19. The van der Waals surface area contributed by atoms with Crippen molar-refractivity contribution in [1.82, 2.24) is 20.5 Å². The number of aromatic amines is 1. The van der Waals surface area contributed by atoms with E-state index in [2.05, 4.69) is 31.1 Å². The Morgan fingerprint density at radius 1 is 1.10 bits per heavy atom. The molecular weight excluding hydrogens is 528 g/mol. The number of nitrogens with one attached hydrogen (secondary N) is 4. The average molecular weight is 565 g/mol. The van der Waals surface area contributed by atoms with Crippen LogP contribution in [0.3, 0.4) is 0 Å². The van der Waals surface area contributed by atoms with Gasteiger partial charge in [-0.15, -0.1) is 0 Å². The average Bonchev–Trinajstić information content (AvgIpc) is 3.34. The molecule has 0 fully saturated rings. The first-order chi connectivity index (χ1) is 19.7. The van der Waals surface area contributed by atoms with E-state index in [1.807, 2.05) is 26.0 Å². The van der Waals surface area contributed by atoms with Crippen molar-refractivity contribution in [3.05, 3.63) is 51.9 Å². The fourth-order valence-electron chi connectivity index (χ4n) is 5.19. The number of ether oxygens (including phenoxy) is 3. The van der Waals surface area contributed by atoms with Crippen LogP contribution in [-0.4, -0.2) is 54.4 Å². The van der Waals surface area contributed by atoms with Crippen molar-refractivity contribution in [1.29, 1.82) is 0 Å². The van der Waals surface area contributed by atoms with E-state index in [0.717, 1.165) is 11.1 Å². The molecule has 0 aliphatic heterocycles. The zero-order chi connectivity index (χ0) is 29.7. The number of carbonyl (C=O) groups excluding carboxylic acids is 2. The van der Waals surface area contributed by atoms with Crippen LogP contribution in [0.25, 0.3) is 11.1 Å². The number of nitrogens with zero attached hydrogens (tertiary/aromatic N) is 2. The molecule has 0 radical (unpaired) electrons. The molecule has 41 heavy (non-hydrogen) atoms. The summed E-state index contributed by atoms with van der Waals surface area (Å²) in [5.41, 5.74) is 2.91. The predicted molar refractivity (Wildman–Crippen MR) is 155 cm³/mol. The third-order valence-corrected chi connectivity index (χ3v) is 6.93. The number of benzene rings is 1. The van der Waals surface area contributed by atoms with Gasteiger partial charge in [0.25, 0.3) is 0 Å². The molecule has 0 bridgehead atoms. The van der Waals surface area contributed by atoms with Crippen LogP contribution in [0.2, 0.25) is 0 Å². The maximum absolute atomic E-state index is 13.7. The summed E-state index contributed by atoms with van der Waals surface area (Å²) < 4.78 is 17.1. The van der Waals surface area contributed by atoms with E-state index < -0.39 is 12.1 Å². The summed E-state index contributed by atoms with van der Waals surface area (Å²) in [6.45, 7) is 5.43. The van der Waals surface area contributed by atoms with Crippen LogP contribution in [0.15, 0.2) is 35.4 Å². The lowest BCUT2D eigenvalue weighted by atomic mass is 9.95. The van der Waals surface area contributed by atoms with E-state index in [1.54, 1.807) is 20.3 Å². The van der Waals surface area contributed by atoms with Crippen molar-refractivity contribution in [2.24, 2.45) is 5.92 Å². The summed E-state index contributed by atoms with van der Waals surface area (Å²) >= 11 is 0. The van der Waals surface area contributed by atoms with E-state index in [1.165, 1.54) is 26.4 Å². The maximum atomic E-state index is 13.7. The smallest absolute Gasteiger partial charge is 0.249 e. The molecule has 0 spiro atoms. The van der Waals surface area contributed by atoms with Gasteiger partial charge in [0.05, 0.1) is 33.1 Å². The number of methoxy groups -OCH3 is 3. The highest BCUT2D eigenvalue weighted by Gasteiger charge is 2.30. The summed E-state index contributed by atoms with van der Waals surface area (Å²) in [5.74, 6) is 1.19. The molecule has 1 aromatic heterocycles. The number of aromatic nitrogens is 3. The van der Waals surface area contributed by atoms with Crippen LogP contribution in [-0.2, 0) is 16.0 Å². The molecule has 4 rings (SSSR count). The Balaban J connectivity index is 1.87. The number of aryl methyl sites for hydroxylation is 1. The fraction of sp³-hybridized carbons (Fsp3) is 0.414. The molecule has 0 saturated heterocycles. The van der Waals surface area contributed by atoms with Crippen LogP contribution in [0.4, 0.5) is 11.6 Å². The summed E-state index contributed by atoms with van der Waals surface area (Å²) in [6.07, 6.45) is 2.88. The van der Waals surface area contributed by atoms with Gasteiger partial charge in [-0.05, 0) is 60.1 Å². The van der Waals surface area contributed by atoms with Gasteiger partial charge >= 0.3 is 0 Å². The summed E-state index contributed by atoms with van der Waals surface area (Å²) in [7, 11) is 4.64. The maximum Gasteiger partial charge on any atom is 0.249 e. The molecule has 3 aromatic rings. The molecule has 0 unspecified atom stereocenters. The van der Waals surface area contributed by atoms with Gasteiger partial charge in [0.15, 0.2) is 11.5 Å². The van der Waals surface area contributed by atoms with E-state index in [0.29, 0.717) is 47.6 Å². The van der Waals surface area contributed by atoms with Crippen molar-refractivity contribution >= 4 is 23.5 Å². The molecule has 1 heterocycles. The summed E-state index contributed by atoms with van der Waals surface area (Å²) in [5, 5.41) is 15.2. The van der Waals surface area contributed by atoms with Gasteiger partial charge in [0.1, 0.15) is 12.4 Å². The van der Waals surface area contributed by atoms with Crippen molar-refractivity contribution in [3.8, 4) is 28.4 Å². The number of hydrogen-bond donors (Lipinski definition) is 4. The second-order valence-corrected chi connectivity index (χ2v) is 10.2. The molecular formula is C29H36N6O6. The first-order valence-electron chi connectivity index (χ1n) is 13.4.